The molecule has 0 spiro atoms. The van der Waals surface area contributed by atoms with E-state index in [4.69, 9.17) is 21.8 Å². The highest BCUT2D eigenvalue weighted by atomic mass is 35.5. The molecule has 5 aromatic rings. The minimum Gasteiger partial charge on any atom is -0.454 e. The maximum absolute atomic E-state index is 13.5. The second-order valence-corrected chi connectivity index (χ2v) is 9.25. The van der Waals surface area contributed by atoms with Crippen molar-refractivity contribution in [2.24, 2.45) is 17.9 Å². The van der Waals surface area contributed by atoms with Gasteiger partial charge in [-0.3, -0.25) is 9.48 Å². The van der Waals surface area contributed by atoms with Crippen LogP contribution in [-0.2, 0) is 7.05 Å². The molecule has 11 heteroatoms. The Bertz CT molecular complexity index is 1770. The van der Waals surface area contributed by atoms with Gasteiger partial charge < -0.3 is 20.7 Å². The smallest absolute Gasteiger partial charge is 0.196 e. The summed E-state index contributed by atoms with van der Waals surface area (Å²) < 4.78 is 8.16. The minimum atomic E-state index is -0.358. The fourth-order valence-electron chi connectivity index (χ4n) is 4.41. The van der Waals surface area contributed by atoms with Crippen molar-refractivity contribution in [2.75, 3.05) is 5.32 Å². The lowest BCUT2D eigenvalue weighted by Gasteiger charge is -2.20. The van der Waals surface area contributed by atoms with Gasteiger partial charge in [0.2, 0.25) is 0 Å². The number of fused-ring (bicyclic) bond motifs is 2. The van der Waals surface area contributed by atoms with Gasteiger partial charge in [-0.2, -0.15) is 5.10 Å². The molecule has 0 unspecified atom stereocenters. The predicted octanol–water partition coefficient (Wildman–Crippen LogP) is 4.67. The van der Waals surface area contributed by atoms with E-state index in [2.05, 4.69) is 25.5 Å². The predicted molar refractivity (Wildman–Crippen MR) is 143 cm³/mol. The second-order valence-electron chi connectivity index (χ2n) is 8.87. The SMILES string of the molecule is Cc1cc([C@@H](C)Nc2ccc(Cl)nc2C(N)=NO)c2oc(-c3ccc4c(cnn4C)n3)c(C)c(=O)c2c1. The minimum absolute atomic E-state index is 0.132. The van der Waals surface area contributed by atoms with Crippen molar-refractivity contribution in [1.82, 2.24) is 19.7 Å². The molecule has 4 heterocycles. The Labute approximate surface area is 216 Å². The number of nitrogens with one attached hydrogen (secondary N) is 1. The Hall–Kier alpha value is -4.44. The molecule has 0 fully saturated rings. The van der Waals surface area contributed by atoms with Crippen molar-refractivity contribution < 1.29 is 9.62 Å². The lowest BCUT2D eigenvalue weighted by atomic mass is 9.99. The summed E-state index contributed by atoms with van der Waals surface area (Å²) in [5, 5.41) is 20.5. The number of nitrogens with zero attached hydrogens (tertiary/aromatic N) is 5. The van der Waals surface area contributed by atoms with E-state index >= 15 is 0 Å². The van der Waals surface area contributed by atoms with Crippen LogP contribution in [0.25, 0.3) is 33.5 Å². The second kappa shape index (κ2) is 9.21. The van der Waals surface area contributed by atoms with Crippen molar-refractivity contribution in [2.45, 2.75) is 26.8 Å². The summed E-state index contributed by atoms with van der Waals surface area (Å²) in [5.74, 6) is 0.207. The molecule has 4 aromatic heterocycles. The molecular weight excluding hydrogens is 494 g/mol. The van der Waals surface area contributed by atoms with Crippen molar-refractivity contribution >= 4 is 45.1 Å². The average Bonchev–Trinajstić information content (AvgIpc) is 3.26. The van der Waals surface area contributed by atoms with E-state index in [-0.39, 0.29) is 28.2 Å². The Kier molecular flexibility index (Phi) is 6.04. The molecule has 1 aromatic carbocycles. The first kappa shape index (κ1) is 24.3. The maximum Gasteiger partial charge on any atom is 0.196 e. The zero-order valence-electron chi connectivity index (χ0n) is 20.6. The number of hydrogen-bond acceptors (Lipinski definition) is 8. The molecule has 5 rings (SSSR count). The summed E-state index contributed by atoms with van der Waals surface area (Å²) in [7, 11) is 1.84. The standard InChI is InChI=1S/C26H24ClN7O3/c1-12-9-15(14(3)30-17-6-8-21(27)32-22(17)26(28)33-36)25-16(10-12)23(35)13(2)24(37-25)18-5-7-20-19(31-18)11-29-34(20)4/h5-11,14,30,36H,1-4H3,(H2,28,33)/t14-/m1/s1. The highest BCUT2D eigenvalue weighted by Crippen LogP contribution is 2.32. The quantitative estimate of drug-likeness (QED) is 0.100. The summed E-state index contributed by atoms with van der Waals surface area (Å²) in [6.07, 6.45) is 1.67. The Morgan fingerprint density at radius 2 is 2.00 bits per heavy atom. The van der Waals surface area contributed by atoms with Crippen LogP contribution in [-0.4, -0.2) is 30.8 Å². The number of oxime groups is 1. The van der Waals surface area contributed by atoms with E-state index < -0.39 is 0 Å². The number of nitrogens with two attached hydrogens (primary N) is 1. The summed E-state index contributed by atoms with van der Waals surface area (Å²) >= 11 is 6.02. The molecule has 0 aliphatic carbocycles. The van der Waals surface area contributed by atoms with Crippen LogP contribution in [0.2, 0.25) is 5.15 Å². The van der Waals surface area contributed by atoms with Crippen molar-refractivity contribution in [3.63, 3.8) is 0 Å². The Morgan fingerprint density at radius 3 is 2.76 bits per heavy atom. The van der Waals surface area contributed by atoms with E-state index in [9.17, 15) is 10.0 Å². The topological polar surface area (TPSA) is 144 Å². The van der Waals surface area contributed by atoms with Crippen LogP contribution < -0.4 is 16.5 Å². The van der Waals surface area contributed by atoms with Gasteiger partial charge in [0.05, 0.1) is 28.8 Å². The fourth-order valence-corrected chi connectivity index (χ4v) is 4.55. The number of pyridine rings is 2. The molecular formula is C26H24ClN7O3. The van der Waals surface area contributed by atoms with Crippen LogP contribution in [0.1, 0.15) is 35.3 Å². The lowest BCUT2D eigenvalue weighted by molar-refractivity contribution is 0.318. The van der Waals surface area contributed by atoms with Crippen LogP contribution in [0.3, 0.4) is 0 Å². The summed E-state index contributed by atoms with van der Waals surface area (Å²) in [4.78, 5) is 22.3. The lowest BCUT2D eigenvalue weighted by Crippen LogP contribution is -2.19. The summed E-state index contributed by atoms with van der Waals surface area (Å²) in [6.45, 7) is 5.57. The van der Waals surface area contributed by atoms with Crippen molar-refractivity contribution in [3.05, 3.63) is 80.4 Å². The molecule has 37 heavy (non-hydrogen) atoms. The Balaban J connectivity index is 1.66. The first-order valence-electron chi connectivity index (χ1n) is 11.5. The summed E-state index contributed by atoms with van der Waals surface area (Å²) in [6, 6.07) is 10.4. The van der Waals surface area contributed by atoms with E-state index in [1.165, 1.54) is 0 Å². The van der Waals surface area contributed by atoms with Gasteiger partial charge in [0, 0.05) is 18.2 Å². The number of halogens is 1. The zero-order chi connectivity index (χ0) is 26.4. The van der Waals surface area contributed by atoms with Gasteiger partial charge in [-0.15, -0.1) is 0 Å². The highest BCUT2D eigenvalue weighted by Gasteiger charge is 2.21. The normalized spacial score (nSPS) is 12.8. The van der Waals surface area contributed by atoms with Crippen molar-refractivity contribution in [1.29, 1.82) is 0 Å². The van der Waals surface area contributed by atoms with Crippen LogP contribution >= 0.6 is 11.6 Å². The molecule has 4 N–H and O–H groups in total. The Morgan fingerprint density at radius 1 is 1.22 bits per heavy atom. The van der Waals surface area contributed by atoms with Gasteiger partial charge in [0.15, 0.2) is 17.0 Å². The monoisotopic (exact) mass is 517 g/mol. The highest BCUT2D eigenvalue weighted by molar-refractivity contribution is 6.29. The molecule has 10 nitrogen and oxygen atoms in total. The number of hydrogen-bond donors (Lipinski definition) is 3. The average molecular weight is 518 g/mol. The molecule has 0 saturated carbocycles. The van der Waals surface area contributed by atoms with E-state index in [0.29, 0.717) is 39.2 Å². The fraction of sp³-hybridized carbons (Fsp3) is 0.192. The molecule has 0 amide bonds. The van der Waals surface area contributed by atoms with Gasteiger partial charge in [-0.25, -0.2) is 9.97 Å². The molecule has 0 aliphatic heterocycles. The molecule has 188 valence electrons. The van der Waals surface area contributed by atoms with E-state index in [1.807, 2.05) is 45.2 Å². The number of benzene rings is 1. The summed E-state index contributed by atoms with van der Waals surface area (Å²) in [5.41, 5.74) is 11.1. The third kappa shape index (κ3) is 4.25. The van der Waals surface area contributed by atoms with Crippen LogP contribution in [0.15, 0.2) is 57.0 Å². The molecule has 0 bridgehead atoms. The van der Waals surface area contributed by atoms with Crippen molar-refractivity contribution in [3.8, 4) is 11.5 Å². The van der Waals surface area contributed by atoms with E-state index in [1.54, 1.807) is 29.9 Å². The molecule has 0 radical (unpaired) electrons. The molecule has 0 saturated heterocycles. The number of rotatable bonds is 5. The third-order valence-electron chi connectivity index (χ3n) is 6.28. The number of amidine groups is 1. The van der Waals surface area contributed by atoms with Gasteiger partial charge in [-0.05, 0) is 56.7 Å². The van der Waals surface area contributed by atoms with E-state index in [0.717, 1.165) is 16.6 Å². The van der Waals surface area contributed by atoms with Gasteiger partial charge in [0.25, 0.3) is 0 Å². The first-order valence-corrected chi connectivity index (χ1v) is 11.8. The van der Waals surface area contributed by atoms with Crippen LogP contribution in [0.4, 0.5) is 5.69 Å². The maximum atomic E-state index is 13.5. The number of anilines is 1. The van der Waals surface area contributed by atoms with Gasteiger partial charge >= 0.3 is 0 Å². The largest absolute Gasteiger partial charge is 0.454 e. The molecule has 1 atom stereocenters. The zero-order valence-corrected chi connectivity index (χ0v) is 21.3. The van der Waals surface area contributed by atoms with Gasteiger partial charge in [-0.1, -0.05) is 22.8 Å². The molecule has 0 aliphatic rings. The van der Waals surface area contributed by atoms with Crippen LogP contribution in [0.5, 0.6) is 0 Å². The third-order valence-corrected chi connectivity index (χ3v) is 6.49. The number of aryl methyl sites for hydroxylation is 2. The van der Waals surface area contributed by atoms with Crippen LogP contribution in [0, 0.1) is 13.8 Å². The van der Waals surface area contributed by atoms with Gasteiger partial charge in [0.1, 0.15) is 27.6 Å². The number of aromatic nitrogens is 4. The first-order chi connectivity index (χ1) is 17.7.